The van der Waals surface area contributed by atoms with Crippen LogP contribution in [0.5, 0.6) is 0 Å². The Morgan fingerprint density at radius 3 is 1.33 bits per heavy atom. The molecule has 0 amide bonds. The van der Waals surface area contributed by atoms with Gasteiger partial charge < -0.3 is 0 Å². The molecule has 48 valence electrons. The van der Waals surface area contributed by atoms with Crippen LogP contribution in [0.3, 0.4) is 0 Å². The molecule has 0 bridgehead atoms. The number of hydrogen-bond acceptors (Lipinski definition) is 1. The SMILES string of the molecule is CC(=O)C(C)(C)C.[B][B]. The first-order chi connectivity index (χ1) is 3.94. The maximum atomic E-state index is 10.5. The molecule has 0 spiro atoms. The summed E-state index contributed by atoms with van der Waals surface area (Å²) in [6.07, 6.45) is 0. The maximum Gasteiger partial charge on any atom is 0.135 e. The van der Waals surface area contributed by atoms with E-state index in [2.05, 4.69) is 15.5 Å². The van der Waals surface area contributed by atoms with Gasteiger partial charge in [-0.3, -0.25) is 4.79 Å². The molecule has 0 aromatic carbocycles. The highest BCUT2D eigenvalue weighted by atomic mass is 16.1. The lowest BCUT2D eigenvalue weighted by atomic mass is 9.81. The Morgan fingerprint density at radius 2 is 1.33 bits per heavy atom. The highest BCUT2D eigenvalue weighted by molar-refractivity contribution is 6.75. The van der Waals surface area contributed by atoms with Gasteiger partial charge in [0.15, 0.2) is 0 Å². The minimum atomic E-state index is -0.139. The van der Waals surface area contributed by atoms with Gasteiger partial charge >= 0.3 is 0 Å². The Bertz CT molecular complexity index is 83.5. The number of Topliss-reactive ketones (excluding diaryl/α,β-unsaturated/α-hetero) is 1. The van der Waals surface area contributed by atoms with Crippen LogP contribution in [-0.2, 0) is 4.79 Å². The van der Waals surface area contributed by atoms with Gasteiger partial charge in [-0.1, -0.05) is 20.8 Å². The Labute approximate surface area is 60.0 Å². The van der Waals surface area contributed by atoms with Gasteiger partial charge in [-0.05, 0) is 6.92 Å². The number of ketones is 1. The van der Waals surface area contributed by atoms with Crippen molar-refractivity contribution in [1.29, 1.82) is 0 Å². The Kier molecular flexibility index (Phi) is 5.99. The van der Waals surface area contributed by atoms with Crippen molar-refractivity contribution in [2.24, 2.45) is 5.41 Å². The molecule has 0 saturated carbocycles. The van der Waals surface area contributed by atoms with E-state index in [1.165, 1.54) is 0 Å². The fourth-order valence-electron chi connectivity index (χ4n) is 0. The topological polar surface area (TPSA) is 17.1 Å². The van der Waals surface area contributed by atoms with E-state index in [-0.39, 0.29) is 11.2 Å². The summed E-state index contributed by atoms with van der Waals surface area (Å²) in [6.45, 7) is 7.35. The van der Waals surface area contributed by atoms with Crippen LogP contribution in [0.2, 0.25) is 0 Å². The van der Waals surface area contributed by atoms with Gasteiger partial charge in [0, 0.05) is 20.9 Å². The minimum Gasteiger partial charge on any atom is -0.299 e. The molecule has 0 aliphatic carbocycles. The monoisotopic (exact) mass is 122 g/mol. The van der Waals surface area contributed by atoms with Gasteiger partial charge in [0.2, 0.25) is 0 Å². The zero-order chi connectivity index (χ0) is 8.08. The van der Waals surface area contributed by atoms with E-state index in [0.29, 0.717) is 0 Å². The first-order valence-electron chi connectivity index (χ1n) is 2.79. The van der Waals surface area contributed by atoms with E-state index in [4.69, 9.17) is 0 Å². The molecule has 0 rings (SSSR count). The average Bonchev–Trinajstić information content (AvgIpc) is 1.69. The Morgan fingerprint density at radius 1 is 1.22 bits per heavy atom. The summed E-state index contributed by atoms with van der Waals surface area (Å²) in [4.78, 5) is 10.5. The number of carbonyl (C=O) groups excluding carboxylic acids is 1. The van der Waals surface area contributed by atoms with Crippen molar-refractivity contribution in [3.8, 4) is 0 Å². The van der Waals surface area contributed by atoms with Crippen LogP contribution in [0, 0.1) is 5.41 Å². The molecule has 1 nitrogen and oxygen atoms in total. The molecule has 0 aliphatic heterocycles. The third-order valence-corrected chi connectivity index (χ3v) is 1.06. The molecule has 0 aliphatic rings. The summed E-state index contributed by atoms with van der Waals surface area (Å²) in [5.74, 6) is 0.243. The standard InChI is InChI=1S/C6H12O.B2/c1-5(7)6(2,3)4;1-2/h1-4H3;. The summed E-state index contributed by atoms with van der Waals surface area (Å²) in [6, 6.07) is 0. The predicted molar refractivity (Wildman–Crippen MR) is 41.6 cm³/mol. The van der Waals surface area contributed by atoms with Crippen LogP contribution in [-0.4, -0.2) is 21.3 Å². The van der Waals surface area contributed by atoms with Crippen LogP contribution in [0.25, 0.3) is 0 Å². The fraction of sp³-hybridized carbons (Fsp3) is 0.833. The zero-order valence-corrected chi connectivity index (χ0v) is 6.56. The van der Waals surface area contributed by atoms with Gasteiger partial charge in [-0.25, -0.2) is 0 Å². The fourth-order valence-corrected chi connectivity index (χ4v) is 0. The molecule has 3 heteroatoms. The molecule has 0 saturated heterocycles. The molecule has 0 heterocycles. The predicted octanol–water partition coefficient (Wildman–Crippen LogP) is 0.860. The van der Waals surface area contributed by atoms with Crippen LogP contribution in [0.1, 0.15) is 27.7 Å². The lowest BCUT2D eigenvalue weighted by Crippen LogP contribution is -2.15. The molecular formula is C6H12B2O. The van der Waals surface area contributed by atoms with Crippen molar-refractivity contribution in [3.05, 3.63) is 0 Å². The number of hydrogen-bond donors (Lipinski definition) is 0. The molecule has 0 aromatic rings. The Balaban J connectivity index is 0. The van der Waals surface area contributed by atoms with E-state index in [1.54, 1.807) is 6.92 Å². The van der Waals surface area contributed by atoms with Crippen molar-refractivity contribution in [2.75, 3.05) is 0 Å². The van der Waals surface area contributed by atoms with Crippen LogP contribution in [0.4, 0.5) is 0 Å². The van der Waals surface area contributed by atoms with Gasteiger partial charge in [0.25, 0.3) is 0 Å². The van der Waals surface area contributed by atoms with Crippen LogP contribution >= 0.6 is 0 Å². The normalized spacial score (nSPS) is 9.33. The zero-order valence-electron chi connectivity index (χ0n) is 6.56. The maximum absolute atomic E-state index is 10.5. The van der Waals surface area contributed by atoms with Crippen molar-refractivity contribution in [1.82, 2.24) is 0 Å². The largest absolute Gasteiger partial charge is 0.299 e. The van der Waals surface area contributed by atoms with Crippen molar-refractivity contribution < 1.29 is 4.79 Å². The third-order valence-electron chi connectivity index (χ3n) is 1.06. The van der Waals surface area contributed by atoms with Gasteiger partial charge in [0.1, 0.15) is 5.78 Å². The summed E-state index contributed by atoms with van der Waals surface area (Å²) >= 11 is 0. The molecular weight excluding hydrogens is 110 g/mol. The molecule has 0 fully saturated rings. The summed E-state index contributed by atoms with van der Waals surface area (Å²) in [5.41, 5.74) is -0.139. The van der Waals surface area contributed by atoms with E-state index in [1.807, 2.05) is 20.8 Å². The minimum absolute atomic E-state index is 0.139. The highest BCUT2D eigenvalue weighted by Crippen LogP contribution is 2.12. The molecule has 0 atom stereocenters. The van der Waals surface area contributed by atoms with Gasteiger partial charge in [-0.15, -0.1) is 0 Å². The first-order valence-corrected chi connectivity index (χ1v) is 2.79. The number of carbonyl (C=O) groups is 1. The second-order valence-corrected chi connectivity index (χ2v) is 2.81. The summed E-state index contributed by atoms with van der Waals surface area (Å²) in [7, 11) is 8.00. The van der Waals surface area contributed by atoms with Crippen molar-refractivity contribution in [2.45, 2.75) is 27.7 Å². The summed E-state index contributed by atoms with van der Waals surface area (Å²) < 4.78 is 0. The van der Waals surface area contributed by atoms with Crippen molar-refractivity contribution in [3.63, 3.8) is 0 Å². The van der Waals surface area contributed by atoms with E-state index in [0.717, 1.165) is 0 Å². The lowest BCUT2D eigenvalue weighted by Gasteiger charge is -2.11. The summed E-state index contributed by atoms with van der Waals surface area (Å²) in [5, 5.41) is 0. The molecule has 0 unspecified atom stereocenters. The molecule has 4 radical (unpaired) electrons. The Hall–Kier alpha value is -0.200. The van der Waals surface area contributed by atoms with Gasteiger partial charge in [0.05, 0.1) is 0 Å². The van der Waals surface area contributed by atoms with Crippen LogP contribution < -0.4 is 0 Å². The van der Waals surface area contributed by atoms with Gasteiger partial charge in [-0.2, -0.15) is 0 Å². The third kappa shape index (κ3) is 7.80. The second kappa shape index (κ2) is 4.66. The van der Waals surface area contributed by atoms with Crippen molar-refractivity contribution >= 4 is 21.3 Å². The van der Waals surface area contributed by atoms with E-state index >= 15 is 0 Å². The molecule has 9 heavy (non-hydrogen) atoms. The molecule has 0 N–H and O–H groups in total. The smallest absolute Gasteiger partial charge is 0.135 e. The average molecular weight is 122 g/mol. The second-order valence-electron chi connectivity index (χ2n) is 2.81. The lowest BCUT2D eigenvalue weighted by molar-refractivity contribution is -0.124. The molecule has 0 aromatic heterocycles. The highest BCUT2D eigenvalue weighted by Gasteiger charge is 2.14. The number of rotatable bonds is 0. The van der Waals surface area contributed by atoms with Crippen LogP contribution in [0.15, 0.2) is 0 Å². The quantitative estimate of drug-likeness (QED) is 0.435. The van der Waals surface area contributed by atoms with E-state index < -0.39 is 0 Å². The first kappa shape index (κ1) is 11.6. The van der Waals surface area contributed by atoms with E-state index in [9.17, 15) is 4.79 Å².